The highest BCUT2D eigenvalue weighted by molar-refractivity contribution is 6.39. The maximum atomic E-state index is 7.12. The number of benzene rings is 2. The number of pyridine rings is 2. The lowest BCUT2D eigenvalue weighted by Gasteiger charge is -2.31. The molecule has 6 rings (SSSR count). The zero-order valence-corrected chi connectivity index (χ0v) is 28.7. The average molecular weight is 678 g/mol. The highest BCUT2D eigenvalue weighted by Gasteiger charge is 2.22. The van der Waals surface area contributed by atoms with Gasteiger partial charge in [-0.15, -0.1) is 0 Å². The fraction of sp³-hybridized carbons (Fsp3) is 0.405. The van der Waals surface area contributed by atoms with E-state index in [0.717, 1.165) is 103 Å². The van der Waals surface area contributed by atoms with Gasteiger partial charge >= 0.3 is 0 Å². The molecule has 0 spiro atoms. The lowest BCUT2D eigenvalue weighted by molar-refractivity contribution is 0.0404. The van der Waals surface area contributed by atoms with E-state index in [1.165, 1.54) is 0 Å². The zero-order valence-electron chi connectivity index (χ0n) is 27.2. The zero-order chi connectivity index (χ0) is 32.8. The van der Waals surface area contributed by atoms with Crippen LogP contribution in [0.5, 0.6) is 11.6 Å². The third-order valence-electron chi connectivity index (χ3n) is 9.18. The molecule has 0 aliphatic carbocycles. The number of hydrogen-bond donors (Lipinski definition) is 1. The van der Waals surface area contributed by atoms with Crippen molar-refractivity contribution in [1.82, 2.24) is 20.2 Å². The molecular formula is C37H42Cl2N4O4. The molecule has 8 nitrogen and oxygen atoms in total. The van der Waals surface area contributed by atoms with Gasteiger partial charge in [-0.2, -0.15) is 0 Å². The molecule has 0 bridgehead atoms. The summed E-state index contributed by atoms with van der Waals surface area (Å²) in [6.07, 6.45) is 5.84. The summed E-state index contributed by atoms with van der Waals surface area (Å²) in [6, 6.07) is 18.9. The smallest absolute Gasteiger partial charge is 0.218 e. The molecule has 2 aliphatic heterocycles. The molecular weight excluding hydrogens is 635 g/mol. The Morgan fingerprint density at radius 2 is 1.53 bits per heavy atom. The molecule has 0 radical (unpaired) electrons. The van der Waals surface area contributed by atoms with Crippen LogP contribution in [-0.2, 0) is 22.6 Å². The van der Waals surface area contributed by atoms with Crippen LogP contribution >= 0.6 is 23.2 Å². The molecule has 0 amide bonds. The molecule has 2 aliphatic rings. The lowest BCUT2D eigenvalue weighted by Crippen LogP contribution is -2.36. The normalized spacial score (nSPS) is 16.0. The van der Waals surface area contributed by atoms with E-state index >= 15 is 0 Å². The Kier molecular flexibility index (Phi) is 11.3. The van der Waals surface area contributed by atoms with E-state index in [9.17, 15) is 0 Å². The van der Waals surface area contributed by atoms with Crippen LogP contribution in [-0.4, -0.2) is 74.6 Å². The van der Waals surface area contributed by atoms with Crippen molar-refractivity contribution in [3.8, 4) is 45.3 Å². The second-order valence-electron chi connectivity index (χ2n) is 12.1. The van der Waals surface area contributed by atoms with Crippen LogP contribution in [0.4, 0.5) is 0 Å². The highest BCUT2D eigenvalue weighted by atomic mass is 35.5. The number of rotatable bonds is 11. The molecule has 0 saturated carbocycles. The van der Waals surface area contributed by atoms with E-state index in [-0.39, 0.29) is 0 Å². The minimum atomic E-state index is 0.444. The van der Waals surface area contributed by atoms with Crippen LogP contribution in [0.2, 0.25) is 10.0 Å². The number of hydrogen-bond acceptors (Lipinski definition) is 8. The molecule has 0 unspecified atom stereocenters. The Bertz CT molecular complexity index is 1670. The van der Waals surface area contributed by atoms with E-state index < -0.39 is 0 Å². The molecule has 0 atom stereocenters. The van der Waals surface area contributed by atoms with Gasteiger partial charge in [0.15, 0.2) is 0 Å². The summed E-state index contributed by atoms with van der Waals surface area (Å²) in [6.45, 7) is 4.65. The fourth-order valence-corrected chi connectivity index (χ4v) is 7.07. The van der Waals surface area contributed by atoms with Crippen molar-refractivity contribution in [3.05, 3.63) is 82.0 Å². The molecule has 4 aromatic rings. The maximum Gasteiger partial charge on any atom is 0.218 e. The number of nitrogens with one attached hydrogen (secondary N) is 1. The molecule has 1 N–H and O–H groups in total. The summed E-state index contributed by atoms with van der Waals surface area (Å²) in [5.41, 5.74) is 6.74. The Morgan fingerprint density at radius 1 is 0.830 bits per heavy atom. The first-order chi connectivity index (χ1) is 23.0. The fourth-order valence-electron chi connectivity index (χ4n) is 6.42. The van der Waals surface area contributed by atoms with Crippen LogP contribution < -0.4 is 14.8 Å². The summed E-state index contributed by atoms with van der Waals surface area (Å²) in [4.78, 5) is 11.9. The molecule has 2 saturated heterocycles. The Morgan fingerprint density at radius 3 is 2.28 bits per heavy atom. The van der Waals surface area contributed by atoms with Crippen molar-refractivity contribution in [3.63, 3.8) is 0 Å². The molecule has 47 heavy (non-hydrogen) atoms. The van der Waals surface area contributed by atoms with E-state index in [0.29, 0.717) is 40.2 Å². The third kappa shape index (κ3) is 7.75. The third-order valence-corrected chi connectivity index (χ3v) is 9.97. The van der Waals surface area contributed by atoms with Crippen molar-refractivity contribution in [2.45, 2.75) is 50.9 Å². The summed E-state index contributed by atoms with van der Waals surface area (Å²) in [7, 11) is 5.49. The van der Waals surface area contributed by atoms with E-state index in [2.05, 4.69) is 34.4 Å². The van der Waals surface area contributed by atoms with Gasteiger partial charge in [-0.3, -0.25) is 9.88 Å². The van der Waals surface area contributed by atoms with E-state index in [1.807, 2.05) is 42.5 Å². The number of nitrogens with zero attached hydrogens (tertiary/aromatic N) is 3. The van der Waals surface area contributed by atoms with Crippen LogP contribution in [0.25, 0.3) is 33.6 Å². The minimum Gasteiger partial charge on any atom is -0.496 e. The number of methoxy groups -OCH3 is 2. The molecule has 248 valence electrons. The summed E-state index contributed by atoms with van der Waals surface area (Å²) in [5, 5.41) is 4.70. The number of halogens is 2. The number of aromatic nitrogens is 2. The maximum absolute atomic E-state index is 7.12. The number of ether oxygens (including phenoxy) is 4. The monoisotopic (exact) mass is 676 g/mol. The van der Waals surface area contributed by atoms with Crippen molar-refractivity contribution in [2.75, 3.05) is 47.7 Å². The van der Waals surface area contributed by atoms with Gasteiger partial charge in [-0.05, 0) is 50.9 Å². The molecule has 2 aromatic heterocycles. The van der Waals surface area contributed by atoms with Crippen molar-refractivity contribution < 1.29 is 18.9 Å². The van der Waals surface area contributed by atoms with Gasteiger partial charge in [0.2, 0.25) is 5.88 Å². The SMILES string of the molecule is COc1cc(-c2nccc(-c3cccc(-c4ccc(CN(C)C5CCOCC5)c(OC)n4)c3Cl)c2Cl)ccc1CNC1CCOCC1. The predicted octanol–water partition coefficient (Wildman–Crippen LogP) is 7.68. The van der Waals surface area contributed by atoms with Gasteiger partial charge in [-0.1, -0.05) is 59.6 Å². The average Bonchev–Trinajstić information content (AvgIpc) is 3.12. The Hall–Kier alpha value is -3.24. The van der Waals surface area contributed by atoms with Crippen molar-refractivity contribution in [2.24, 2.45) is 0 Å². The van der Waals surface area contributed by atoms with Crippen LogP contribution in [0.15, 0.2) is 60.8 Å². The van der Waals surface area contributed by atoms with Gasteiger partial charge < -0.3 is 24.3 Å². The van der Waals surface area contributed by atoms with Gasteiger partial charge in [0, 0.05) is 91.2 Å². The standard InChI is InChI=1S/C37H42Cl2N4O4/c1-43(28-14-19-47-20-15-28)23-26-9-10-32(42-37(26)45-3)31-6-4-5-29(34(31)38)30-11-16-40-36(35(30)39)24-7-8-25(33(21-24)44-2)22-41-27-12-17-46-18-13-27/h4-11,16,21,27-28,41H,12-15,17-20,22-23H2,1-3H3. The Balaban J connectivity index is 1.25. The van der Waals surface area contributed by atoms with Crippen LogP contribution in [0, 0.1) is 0 Å². The lowest BCUT2D eigenvalue weighted by atomic mass is 9.99. The summed E-state index contributed by atoms with van der Waals surface area (Å²) < 4.78 is 22.6. The second kappa shape index (κ2) is 15.8. The molecule has 2 aromatic carbocycles. The van der Waals surface area contributed by atoms with Gasteiger partial charge in [-0.25, -0.2) is 4.98 Å². The Labute approximate surface area is 287 Å². The largest absolute Gasteiger partial charge is 0.496 e. The van der Waals surface area contributed by atoms with Crippen LogP contribution in [0.3, 0.4) is 0 Å². The predicted molar refractivity (Wildman–Crippen MR) is 187 cm³/mol. The van der Waals surface area contributed by atoms with Crippen molar-refractivity contribution in [1.29, 1.82) is 0 Å². The molecule has 2 fully saturated rings. The second-order valence-corrected chi connectivity index (χ2v) is 12.9. The first kappa shape index (κ1) is 33.7. The minimum absolute atomic E-state index is 0.444. The van der Waals surface area contributed by atoms with Crippen LogP contribution in [0.1, 0.15) is 36.8 Å². The van der Waals surface area contributed by atoms with E-state index in [1.54, 1.807) is 20.4 Å². The van der Waals surface area contributed by atoms with Gasteiger partial charge in [0.05, 0.1) is 35.7 Å². The summed E-state index contributed by atoms with van der Waals surface area (Å²) in [5.74, 6) is 1.38. The highest BCUT2D eigenvalue weighted by Crippen LogP contribution is 2.42. The van der Waals surface area contributed by atoms with E-state index in [4.69, 9.17) is 47.1 Å². The first-order valence-corrected chi connectivity index (χ1v) is 17.0. The molecule has 10 heteroatoms. The quantitative estimate of drug-likeness (QED) is 0.173. The summed E-state index contributed by atoms with van der Waals surface area (Å²) >= 11 is 14.2. The van der Waals surface area contributed by atoms with Gasteiger partial charge in [0.1, 0.15) is 5.75 Å². The first-order valence-electron chi connectivity index (χ1n) is 16.2. The topological polar surface area (TPSA) is 78.0 Å². The van der Waals surface area contributed by atoms with Gasteiger partial charge in [0.25, 0.3) is 0 Å². The molecule has 4 heterocycles. The van der Waals surface area contributed by atoms with Crippen molar-refractivity contribution >= 4 is 23.2 Å².